The van der Waals surface area contributed by atoms with Crippen LogP contribution in [0, 0.1) is 19.7 Å². The summed E-state index contributed by atoms with van der Waals surface area (Å²) in [6.45, 7) is 4.97. The van der Waals surface area contributed by atoms with Crippen molar-refractivity contribution in [2.45, 2.75) is 32.6 Å². The van der Waals surface area contributed by atoms with Crippen LogP contribution in [0.25, 0.3) is 11.1 Å². The van der Waals surface area contributed by atoms with E-state index in [9.17, 15) is 9.18 Å². The Morgan fingerprint density at radius 1 is 1.17 bits per heavy atom. The maximum absolute atomic E-state index is 13.5. The van der Waals surface area contributed by atoms with Crippen LogP contribution in [0.15, 0.2) is 47.1 Å². The first kappa shape index (κ1) is 19.1. The minimum absolute atomic E-state index is 0.177. The standard InChI is InChI=1S/C22H23FN4O2/c1-14-15(2)26-29-21(14)25-22(28)27-10-7-16(8-11-27)20-13-18(6-9-24-20)17-4-3-5-19(23)12-17/h3-6,9,12-13,16H,7-8,10-11H2,1-2H3,(H,25,28). The Labute approximate surface area is 168 Å². The van der Waals surface area contributed by atoms with Crippen LogP contribution in [0.3, 0.4) is 0 Å². The average molecular weight is 394 g/mol. The van der Waals surface area contributed by atoms with E-state index in [-0.39, 0.29) is 17.8 Å². The molecule has 0 atom stereocenters. The van der Waals surface area contributed by atoms with E-state index in [2.05, 4.69) is 15.5 Å². The number of nitrogens with zero attached hydrogens (tertiary/aromatic N) is 3. The summed E-state index contributed by atoms with van der Waals surface area (Å²) in [5.41, 5.74) is 4.37. The monoisotopic (exact) mass is 394 g/mol. The zero-order valence-corrected chi connectivity index (χ0v) is 16.5. The number of pyridine rings is 1. The van der Waals surface area contributed by atoms with Gasteiger partial charge in [0.15, 0.2) is 0 Å². The van der Waals surface area contributed by atoms with Crippen LogP contribution in [0.1, 0.15) is 35.7 Å². The fraction of sp³-hybridized carbons (Fsp3) is 0.318. The summed E-state index contributed by atoms with van der Waals surface area (Å²) < 4.78 is 18.7. The highest BCUT2D eigenvalue weighted by atomic mass is 19.1. The molecule has 1 fully saturated rings. The first-order chi connectivity index (χ1) is 14.0. The lowest BCUT2D eigenvalue weighted by molar-refractivity contribution is 0.193. The van der Waals surface area contributed by atoms with Gasteiger partial charge in [-0.1, -0.05) is 17.3 Å². The average Bonchev–Trinajstić information content (AvgIpc) is 3.06. The number of benzene rings is 1. The molecule has 1 aliphatic rings. The lowest BCUT2D eigenvalue weighted by Gasteiger charge is -2.31. The van der Waals surface area contributed by atoms with E-state index in [1.54, 1.807) is 17.2 Å². The lowest BCUT2D eigenvalue weighted by Crippen LogP contribution is -2.40. The second-order valence-corrected chi connectivity index (χ2v) is 7.39. The third kappa shape index (κ3) is 4.13. The number of hydrogen-bond donors (Lipinski definition) is 1. The van der Waals surface area contributed by atoms with Gasteiger partial charge in [-0.15, -0.1) is 0 Å². The Morgan fingerprint density at radius 3 is 2.62 bits per heavy atom. The smallest absolute Gasteiger partial charge is 0.324 e. The molecule has 150 valence electrons. The number of halogens is 1. The number of likely N-dealkylation sites (tertiary alicyclic amines) is 1. The number of hydrogen-bond acceptors (Lipinski definition) is 4. The fourth-order valence-electron chi connectivity index (χ4n) is 3.61. The summed E-state index contributed by atoms with van der Waals surface area (Å²) in [6.07, 6.45) is 3.41. The van der Waals surface area contributed by atoms with Crippen molar-refractivity contribution in [3.8, 4) is 11.1 Å². The van der Waals surface area contributed by atoms with Gasteiger partial charge in [0.1, 0.15) is 5.82 Å². The molecule has 1 aromatic carbocycles. The minimum atomic E-state index is -0.252. The van der Waals surface area contributed by atoms with Crippen LogP contribution in [0.2, 0.25) is 0 Å². The Balaban J connectivity index is 1.40. The van der Waals surface area contributed by atoms with E-state index >= 15 is 0 Å². The predicted octanol–water partition coefficient (Wildman–Crippen LogP) is 4.90. The molecule has 4 rings (SSSR count). The van der Waals surface area contributed by atoms with E-state index in [0.29, 0.717) is 19.0 Å². The first-order valence-corrected chi connectivity index (χ1v) is 9.72. The van der Waals surface area contributed by atoms with Gasteiger partial charge in [0.2, 0.25) is 5.88 Å². The molecule has 0 unspecified atom stereocenters. The molecule has 1 saturated heterocycles. The topological polar surface area (TPSA) is 71.3 Å². The summed E-state index contributed by atoms with van der Waals surface area (Å²) in [6, 6.07) is 10.3. The van der Waals surface area contributed by atoms with Gasteiger partial charge in [0, 0.05) is 36.5 Å². The van der Waals surface area contributed by atoms with Crippen LogP contribution in [0.5, 0.6) is 0 Å². The van der Waals surface area contributed by atoms with E-state index in [0.717, 1.165) is 40.9 Å². The number of piperidine rings is 1. The normalized spacial score (nSPS) is 14.8. The van der Waals surface area contributed by atoms with Crippen molar-refractivity contribution in [1.29, 1.82) is 0 Å². The molecule has 2 aromatic heterocycles. The maximum Gasteiger partial charge on any atom is 0.324 e. The fourth-order valence-corrected chi connectivity index (χ4v) is 3.61. The lowest BCUT2D eigenvalue weighted by atomic mass is 9.91. The quantitative estimate of drug-likeness (QED) is 0.686. The molecule has 0 saturated carbocycles. The zero-order valence-electron chi connectivity index (χ0n) is 16.5. The summed E-state index contributed by atoms with van der Waals surface area (Å²) in [5, 5.41) is 6.66. The van der Waals surface area contributed by atoms with Gasteiger partial charge < -0.3 is 9.42 Å². The molecule has 0 spiro atoms. The molecule has 3 heterocycles. The van der Waals surface area contributed by atoms with Crippen molar-refractivity contribution in [3.05, 3.63) is 65.4 Å². The summed E-state index contributed by atoms with van der Waals surface area (Å²) in [7, 11) is 0. The van der Waals surface area contributed by atoms with Crippen molar-refractivity contribution >= 4 is 11.9 Å². The van der Waals surface area contributed by atoms with Crippen molar-refractivity contribution in [2.24, 2.45) is 0 Å². The van der Waals surface area contributed by atoms with Gasteiger partial charge in [-0.2, -0.15) is 0 Å². The SMILES string of the molecule is Cc1noc(NC(=O)N2CCC(c3cc(-c4cccc(F)c4)ccn3)CC2)c1C. The third-order valence-corrected chi connectivity index (χ3v) is 5.52. The van der Waals surface area contributed by atoms with Crippen LogP contribution in [-0.4, -0.2) is 34.2 Å². The van der Waals surface area contributed by atoms with Gasteiger partial charge in [0.05, 0.1) is 5.69 Å². The molecular formula is C22H23FN4O2. The molecule has 0 aliphatic carbocycles. The largest absolute Gasteiger partial charge is 0.338 e. The molecule has 2 amide bonds. The van der Waals surface area contributed by atoms with Crippen molar-refractivity contribution in [3.63, 3.8) is 0 Å². The van der Waals surface area contributed by atoms with E-state index in [1.165, 1.54) is 12.1 Å². The number of urea groups is 1. The molecule has 6 nitrogen and oxygen atoms in total. The molecule has 7 heteroatoms. The van der Waals surface area contributed by atoms with Crippen molar-refractivity contribution in [1.82, 2.24) is 15.0 Å². The Bertz CT molecular complexity index is 1030. The molecule has 1 aliphatic heterocycles. The second kappa shape index (κ2) is 8.03. The molecule has 3 aromatic rings. The number of carbonyl (C=O) groups is 1. The zero-order chi connectivity index (χ0) is 20.4. The highest BCUT2D eigenvalue weighted by molar-refractivity contribution is 5.88. The van der Waals surface area contributed by atoms with Crippen LogP contribution in [-0.2, 0) is 0 Å². The number of amides is 2. The number of aromatic nitrogens is 2. The third-order valence-electron chi connectivity index (χ3n) is 5.52. The predicted molar refractivity (Wildman–Crippen MR) is 108 cm³/mol. The van der Waals surface area contributed by atoms with Gasteiger partial charge in [-0.25, -0.2) is 9.18 Å². The van der Waals surface area contributed by atoms with E-state index in [1.807, 2.05) is 32.0 Å². The Kier molecular flexibility index (Phi) is 5.29. The summed E-state index contributed by atoms with van der Waals surface area (Å²) in [4.78, 5) is 18.8. The highest BCUT2D eigenvalue weighted by Crippen LogP contribution is 2.30. The number of rotatable bonds is 3. The van der Waals surface area contributed by atoms with Crippen LogP contribution >= 0.6 is 0 Å². The van der Waals surface area contributed by atoms with Crippen LogP contribution < -0.4 is 5.32 Å². The Hall–Kier alpha value is -3.22. The Morgan fingerprint density at radius 2 is 1.93 bits per heavy atom. The first-order valence-electron chi connectivity index (χ1n) is 9.72. The number of aryl methyl sites for hydroxylation is 1. The highest BCUT2D eigenvalue weighted by Gasteiger charge is 2.26. The molecule has 0 radical (unpaired) electrons. The maximum atomic E-state index is 13.5. The van der Waals surface area contributed by atoms with E-state index in [4.69, 9.17) is 4.52 Å². The van der Waals surface area contributed by atoms with Gasteiger partial charge >= 0.3 is 6.03 Å². The van der Waals surface area contributed by atoms with Crippen molar-refractivity contribution < 1.29 is 13.7 Å². The van der Waals surface area contributed by atoms with E-state index < -0.39 is 0 Å². The number of carbonyl (C=O) groups excluding carboxylic acids is 1. The molecule has 29 heavy (non-hydrogen) atoms. The van der Waals surface area contributed by atoms with Gasteiger partial charge in [-0.05, 0) is 62.1 Å². The molecular weight excluding hydrogens is 371 g/mol. The van der Waals surface area contributed by atoms with Crippen molar-refractivity contribution in [2.75, 3.05) is 18.4 Å². The van der Waals surface area contributed by atoms with Gasteiger partial charge in [0.25, 0.3) is 0 Å². The molecule has 0 bridgehead atoms. The van der Waals surface area contributed by atoms with Crippen LogP contribution in [0.4, 0.5) is 15.1 Å². The van der Waals surface area contributed by atoms with Gasteiger partial charge in [-0.3, -0.25) is 10.3 Å². The molecule has 1 N–H and O–H groups in total. The number of nitrogens with one attached hydrogen (secondary N) is 1. The number of anilines is 1. The second-order valence-electron chi connectivity index (χ2n) is 7.39. The summed E-state index contributed by atoms with van der Waals surface area (Å²) >= 11 is 0. The summed E-state index contributed by atoms with van der Waals surface area (Å²) in [5.74, 6) is 0.415. The minimum Gasteiger partial charge on any atom is -0.338 e.